The van der Waals surface area contributed by atoms with Crippen molar-refractivity contribution >= 4 is 11.8 Å². The topological polar surface area (TPSA) is 84.2 Å². The summed E-state index contributed by atoms with van der Waals surface area (Å²) >= 11 is 0. The number of carbonyl (C=O) groups is 1. The summed E-state index contributed by atoms with van der Waals surface area (Å²) in [5, 5.41) is 11.6. The number of carboxylic acids is 1. The zero-order valence-corrected chi connectivity index (χ0v) is 12.3. The fourth-order valence-corrected chi connectivity index (χ4v) is 2.06. The van der Waals surface area contributed by atoms with E-state index in [0.717, 1.165) is 16.7 Å². The summed E-state index contributed by atoms with van der Waals surface area (Å²) in [5.74, 6) is -2.47. The van der Waals surface area contributed by atoms with Gasteiger partial charge in [0.2, 0.25) is 0 Å². The Balaban J connectivity index is 2.09. The standard InChI is InChI=1S/C15H15F2N3O3/c1-9-7-19-14(15(23)20(9)8-13(21)22)18-5-4-10-2-3-11(16)6-12(10)17/h2-3,6-7H,4-5,8H2,1H3,(H,18,19)(H,21,22). The van der Waals surface area contributed by atoms with Crippen molar-refractivity contribution in [1.82, 2.24) is 9.55 Å². The average molecular weight is 323 g/mol. The lowest BCUT2D eigenvalue weighted by Gasteiger charge is -2.10. The van der Waals surface area contributed by atoms with Crippen molar-refractivity contribution in [3.05, 3.63) is 57.6 Å². The molecule has 0 aliphatic heterocycles. The SMILES string of the molecule is Cc1cnc(NCCc2ccc(F)cc2F)c(=O)n1CC(=O)O. The number of aliphatic carboxylic acids is 1. The number of halogens is 2. The molecule has 0 saturated carbocycles. The van der Waals surface area contributed by atoms with Crippen LogP contribution in [-0.2, 0) is 17.8 Å². The molecule has 0 saturated heterocycles. The summed E-state index contributed by atoms with van der Waals surface area (Å²) in [6.07, 6.45) is 1.60. The van der Waals surface area contributed by atoms with Gasteiger partial charge in [-0.15, -0.1) is 0 Å². The van der Waals surface area contributed by atoms with Crippen molar-refractivity contribution in [2.45, 2.75) is 19.9 Å². The van der Waals surface area contributed by atoms with E-state index in [0.29, 0.717) is 11.3 Å². The van der Waals surface area contributed by atoms with Gasteiger partial charge in [-0.2, -0.15) is 0 Å². The van der Waals surface area contributed by atoms with Crippen LogP contribution in [0.5, 0.6) is 0 Å². The van der Waals surface area contributed by atoms with Crippen molar-refractivity contribution in [3.63, 3.8) is 0 Å². The second kappa shape index (κ2) is 6.99. The molecule has 0 radical (unpaired) electrons. The molecule has 1 aromatic heterocycles. The molecular formula is C15H15F2N3O3. The van der Waals surface area contributed by atoms with E-state index in [4.69, 9.17) is 5.11 Å². The highest BCUT2D eigenvalue weighted by Gasteiger charge is 2.11. The highest BCUT2D eigenvalue weighted by atomic mass is 19.1. The maximum atomic E-state index is 13.5. The minimum absolute atomic E-state index is 0.0145. The summed E-state index contributed by atoms with van der Waals surface area (Å²) in [7, 11) is 0. The molecule has 23 heavy (non-hydrogen) atoms. The Morgan fingerprint density at radius 1 is 1.39 bits per heavy atom. The molecule has 0 amide bonds. The van der Waals surface area contributed by atoms with Crippen LogP contribution in [0.15, 0.2) is 29.2 Å². The van der Waals surface area contributed by atoms with Crippen molar-refractivity contribution in [1.29, 1.82) is 0 Å². The first-order valence-electron chi connectivity index (χ1n) is 6.84. The van der Waals surface area contributed by atoms with Gasteiger partial charge in [-0.1, -0.05) is 6.07 Å². The number of carboxylic acid groups (broad SMARTS) is 1. The maximum absolute atomic E-state index is 13.5. The Kier molecular flexibility index (Phi) is 5.05. The number of aryl methyl sites for hydroxylation is 1. The van der Waals surface area contributed by atoms with Crippen LogP contribution in [0.2, 0.25) is 0 Å². The van der Waals surface area contributed by atoms with Gasteiger partial charge in [0.05, 0.1) is 0 Å². The van der Waals surface area contributed by atoms with Gasteiger partial charge < -0.3 is 10.4 Å². The molecular weight excluding hydrogens is 308 g/mol. The highest BCUT2D eigenvalue weighted by molar-refractivity contribution is 5.66. The van der Waals surface area contributed by atoms with Crippen LogP contribution in [0.1, 0.15) is 11.3 Å². The fraction of sp³-hybridized carbons (Fsp3) is 0.267. The van der Waals surface area contributed by atoms with Crippen molar-refractivity contribution in [2.24, 2.45) is 0 Å². The lowest BCUT2D eigenvalue weighted by Crippen LogP contribution is -2.29. The van der Waals surface area contributed by atoms with Gasteiger partial charge >= 0.3 is 5.97 Å². The fourth-order valence-electron chi connectivity index (χ4n) is 2.06. The number of anilines is 1. The summed E-state index contributed by atoms with van der Waals surface area (Å²) < 4.78 is 27.4. The van der Waals surface area contributed by atoms with Crippen LogP contribution in [0.4, 0.5) is 14.6 Å². The Morgan fingerprint density at radius 3 is 2.78 bits per heavy atom. The first kappa shape index (κ1) is 16.6. The molecule has 8 heteroatoms. The number of nitrogens with zero attached hydrogens (tertiary/aromatic N) is 2. The molecule has 2 rings (SSSR count). The van der Waals surface area contributed by atoms with E-state index in [1.807, 2.05) is 0 Å². The van der Waals surface area contributed by atoms with E-state index in [9.17, 15) is 18.4 Å². The number of nitrogens with one attached hydrogen (secondary N) is 1. The van der Waals surface area contributed by atoms with Gasteiger partial charge in [0, 0.05) is 24.5 Å². The molecule has 0 aliphatic rings. The molecule has 2 N–H and O–H groups in total. The normalized spacial score (nSPS) is 10.6. The zero-order chi connectivity index (χ0) is 17.0. The largest absolute Gasteiger partial charge is 0.480 e. The van der Waals surface area contributed by atoms with Crippen LogP contribution in [0.25, 0.3) is 0 Å². The van der Waals surface area contributed by atoms with Crippen LogP contribution in [0, 0.1) is 18.6 Å². The molecule has 1 heterocycles. The van der Waals surface area contributed by atoms with E-state index < -0.39 is 29.7 Å². The number of hydrogen-bond donors (Lipinski definition) is 2. The van der Waals surface area contributed by atoms with E-state index in [1.54, 1.807) is 6.92 Å². The third-order valence-electron chi connectivity index (χ3n) is 3.25. The van der Waals surface area contributed by atoms with Gasteiger partial charge in [-0.05, 0) is 25.0 Å². The highest BCUT2D eigenvalue weighted by Crippen LogP contribution is 2.10. The number of rotatable bonds is 6. The van der Waals surface area contributed by atoms with Gasteiger partial charge in [-0.3, -0.25) is 14.2 Å². The Labute approximate surface area is 130 Å². The number of aromatic nitrogens is 2. The molecule has 0 atom stereocenters. The Morgan fingerprint density at radius 2 is 2.13 bits per heavy atom. The molecule has 1 aromatic carbocycles. The molecule has 0 bridgehead atoms. The minimum Gasteiger partial charge on any atom is -0.480 e. The predicted molar refractivity (Wildman–Crippen MR) is 79.4 cm³/mol. The quantitative estimate of drug-likeness (QED) is 0.843. The predicted octanol–water partition coefficient (Wildman–Crippen LogP) is 1.57. The zero-order valence-electron chi connectivity index (χ0n) is 12.3. The summed E-state index contributed by atoms with van der Waals surface area (Å²) in [5.41, 5.74) is 0.163. The third kappa shape index (κ3) is 4.12. The summed E-state index contributed by atoms with van der Waals surface area (Å²) in [6.45, 7) is 1.31. The van der Waals surface area contributed by atoms with E-state index in [1.165, 1.54) is 12.3 Å². The summed E-state index contributed by atoms with van der Waals surface area (Å²) in [4.78, 5) is 26.8. The second-order valence-corrected chi connectivity index (χ2v) is 4.95. The number of benzene rings is 1. The molecule has 0 spiro atoms. The van der Waals surface area contributed by atoms with Crippen molar-refractivity contribution in [2.75, 3.05) is 11.9 Å². The van der Waals surface area contributed by atoms with E-state index >= 15 is 0 Å². The lowest BCUT2D eigenvalue weighted by molar-refractivity contribution is -0.137. The van der Waals surface area contributed by atoms with Crippen molar-refractivity contribution < 1.29 is 18.7 Å². The van der Waals surface area contributed by atoms with Crippen LogP contribution in [-0.4, -0.2) is 27.2 Å². The minimum atomic E-state index is -1.14. The Bertz CT molecular complexity index is 790. The smallest absolute Gasteiger partial charge is 0.323 e. The van der Waals surface area contributed by atoms with E-state index in [2.05, 4.69) is 10.3 Å². The van der Waals surface area contributed by atoms with Gasteiger partial charge in [0.15, 0.2) is 5.82 Å². The van der Waals surface area contributed by atoms with Crippen LogP contribution < -0.4 is 10.9 Å². The molecule has 0 unspecified atom stereocenters. The molecule has 0 fully saturated rings. The van der Waals surface area contributed by atoms with Gasteiger partial charge in [-0.25, -0.2) is 13.8 Å². The van der Waals surface area contributed by atoms with Gasteiger partial charge in [0.1, 0.15) is 18.2 Å². The first-order chi connectivity index (χ1) is 10.9. The molecule has 0 aliphatic carbocycles. The third-order valence-corrected chi connectivity index (χ3v) is 3.25. The molecule has 122 valence electrons. The molecule has 6 nitrogen and oxygen atoms in total. The van der Waals surface area contributed by atoms with Crippen LogP contribution in [0.3, 0.4) is 0 Å². The lowest BCUT2D eigenvalue weighted by atomic mass is 10.1. The van der Waals surface area contributed by atoms with Crippen molar-refractivity contribution in [3.8, 4) is 0 Å². The molecule has 2 aromatic rings. The van der Waals surface area contributed by atoms with Crippen LogP contribution >= 0.6 is 0 Å². The number of hydrogen-bond acceptors (Lipinski definition) is 4. The average Bonchev–Trinajstić information content (AvgIpc) is 2.47. The summed E-state index contributed by atoms with van der Waals surface area (Å²) in [6, 6.07) is 3.28. The monoisotopic (exact) mass is 323 g/mol. The van der Waals surface area contributed by atoms with E-state index in [-0.39, 0.29) is 18.8 Å². The second-order valence-electron chi connectivity index (χ2n) is 4.95. The Hall–Kier alpha value is -2.77. The first-order valence-corrected chi connectivity index (χ1v) is 6.84. The maximum Gasteiger partial charge on any atom is 0.323 e. The van der Waals surface area contributed by atoms with Gasteiger partial charge in [0.25, 0.3) is 5.56 Å².